The Morgan fingerprint density at radius 1 is 0.720 bits per heavy atom. The van der Waals surface area contributed by atoms with Gasteiger partial charge in [0.1, 0.15) is 0 Å². The van der Waals surface area contributed by atoms with Crippen molar-refractivity contribution in [1.82, 2.24) is 10.8 Å². The van der Waals surface area contributed by atoms with Crippen LogP contribution in [0.15, 0.2) is 0 Å². The van der Waals surface area contributed by atoms with Crippen molar-refractivity contribution in [3.63, 3.8) is 0 Å². The first kappa shape index (κ1) is 24.2. The first-order valence-corrected chi connectivity index (χ1v) is 9.17. The zero-order valence-corrected chi connectivity index (χ0v) is 15.8. The van der Waals surface area contributed by atoms with E-state index in [2.05, 4.69) is 17.7 Å². The number of hydrogen-bond donors (Lipinski definition) is 2. The van der Waals surface area contributed by atoms with Crippen molar-refractivity contribution < 1.29 is 28.6 Å². The lowest BCUT2D eigenvalue weighted by Gasteiger charge is -2.08. The Kier molecular flexibility index (Phi) is 20.6. The van der Waals surface area contributed by atoms with Crippen LogP contribution in [0.25, 0.3) is 0 Å². The molecule has 0 unspecified atom stereocenters. The molecule has 0 radical (unpaired) electrons. The molecule has 0 aromatic carbocycles. The van der Waals surface area contributed by atoms with Gasteiger partial charge in [-0.15, -0.1) is 0 Å². The molecule has 0 aromatic heterocycles. The molecule has 2 N–H and O–H groups in total. The van der Waals surface area contributed by atoms with E-state index in [0.29, 0.717) is 52.8 Å². The largest absolute Gasteiger partial charge is 0.379 e. The first-order chi connectivity index (χ1) is 12.3. The second-order valence-corrected chi connectivity index (χ2v) is 5.38. The van der Waals surface area contributed by atoms with Crippen LogP contribution < -0.4 is 10.8 Å². The zero-order chi connectivity index (χ0) is 18.4. The monoisotopic (exact) mass is 364 g/mol. The average molecular weight is 364 g/mol. The molecule has 25 heavy (non-hydrogen) atoms. The molecule has 0 spiro atoms. The van der Waals surface area contributed by atoms with Gasteiger partial charge in [0.15, 0.2) is 0 Å². The molecule has 8 nitrogen and oxygen atoms in total. The van der Waals surface area contributed by atoms with Crippen molar-refractivity contribution >= 4 is 5.91 Å². The fraction of sp³-hybridized carbons (Fsp3) is 0.941. The summed E-state index contributed by atoms with van der Waals surface area (Å²) in [5.41, 5.74) is 2.92. The van der Waals surface area contributed by atoms with Crippen LogP contribution in [0.5, 0.6) is 0 Å². The van der Waals surface area contributed by atoms with Gasteiger partial charge in [-0.1, -0.05) is 6.92 Å². The van der Waals surface area contributed by atoms with E-state index < -0.39 is 0 Å². The number of amides is 1. The number of hydrogen-bond acceptors (Lipinski definition) is 7. The molecule has 0 atom stereocenters. The van der Waals surface area contributed by atoms with Crippen molar-refractivity contribution in [2.24, 2.45) is 0 Å². The van der Waals surface area contributed by atoms with E-state index in [4.69, 9.17) is 23.8 Å². The number of ether oxygens (including phenoxy) is 4. The van der Waals surface area contributed by atoms with Crippen LogP contribution in [0.2, 0.25) is 0 Å². The Hall–Kier alpha value is -0.770. The zero-order valence-electron chi connectivity index (χ0n) is 15.8. The summed E-state index contributed by atoms with van der Waals surface area (Å²) >= 11 is 0. The van der Waals surface area contributed by atoms with Gasteiger partial charge >= 0.3 is 0 Å². The molecular formula is C17H36N2O6. The summed E-state index contributed by atoms with van der Waals surface area (Å²) in [5, 5.41) is 2.66. The lowest BCUT2D eigenvalue weighted by atomic mass is 10.3. The van der Waals surface area contributed by atoms with E-state index in [0.717, 1.165) is 39.0 Å². The van der Waals surface area contributed by atoms with Crippen molar-refractivity contribution in [3.05, 3.63) is 0 Å². The maximum atomic E-state index is 10.6. The van der Waals surface area contributed by atoms with Gasteiger partial charge in [0.25, 0.3) is 0 Å². The maximum absolute atomic E-state index is 10.6. The summed E-state index contributed by atoms with van der Waals surface area (Å²) < 4.78 is 21.5. The predicted octanol–water partition coefficient (Wildman–Crippen LogP) is 0.900. The highest BCUT2D eigenvalue weighted by Crippen LogP contribution is 1.90. The number of carbonyl (C=O) groups excluding carboxylic acids is 1. The molecule has 0 fully saturated rings. The second-order valence-electron chi connectivity index (χ2n) is 5.38. The van der Waals surface area contributed by atoms with Gasteiger partial charge in [0.05, 0.1) is 52.9 Å². The number of nitrogens with one attached hydrogen (secondary N) is 2. The van der Waals surface area contributed by atoms with Crippen LogP contribution >= 0.6 is 0 Å². The van der Waals surface area contributed by atoms with Crippen LogP contribution in [0.4, 0.5) is 0 Å². The maximum Gasteiger partial charge on any atom is 0.216 e. The van der Waals surface area contributed by atoms with E-state index >= 15 is 0 Å². The fourth-order valence-corrected chi connectivity index (χ4v) is 1.71. The summed E-state index contributed by atoms with van der Waals surface area (Å²) in [7, 11) is 0. The third kappa shape index (κ3) is 23.2. The minimum absolute atomic E-state index is 0.0463. The third-order valence-electron chi connectivity index (χ3n) is 2.96. The Labute approximate surface area is 151 Å². The quantitative estimate of drug-likeness (QED) is 0.245. The van der Waals surface area contributed by atoms with Crippen molar-refractivity contribution in [1.29, 1.82) is 0 Å². The molecule has 0 aliphatic rings. The molecule has 0 aromatic rings. The van der Waals surface area contributed by atoms with Gasteiger partial charge in [0, 0.05) is 26.6 Å². The molecule has 0 saturated carbocycles. The molecule has 0 heterocycles. The predicted molar refractivity (Wildman–Crippen MR) is 95.4 cm³/mol. The molecule has 1 amide bonds. The lowest BCUT2D eigenvalue weighted by molar-refractivity contribution is -0.119. The van der Waals surface area contributed by atoms with Gasteiger partial charge in [-0.05, 0) is 19.3 Å². The van der Waals surface area contributed by atoms with Crippen molar-refractivity contribution in [3.8, 4) is 0 Å². The highest BCUT2D eigenvalue weighted by molar-refractivity contribution is 5.72. The number of unbranched alkanes of at least 4 members (excludes halogenated alkanes) is 1. The third-order valence-corrected chi connectivity index (χ3v) is 2.96. The normalized spacial score (nSPS) is 11.0. The fourth-order valence-electron chi connectivity index (χ4n) is 1.71. The van der Waals surface area contributed by atoms with Gasteiger partial charge in [-0.2, -0.15) is 0 Å². The Balaban J connectivity index is 2.97. The Bertz CT molecular complexity index is 282. The lowest BCUT2D eigenvalue weighted by Crippen LogP contribution is -2.25. The van der Waals surface area contributed by atoms with Crippen LogP contribution in [0.3, 0.4) is 0 Å². The van der Waals surface area contributed by atoms with Gasteiger partial charge < -0.3 is 29.1 Å². The summed E-state index contributed by atoms with van der Waals surface area (Å²) in [6, 6.07) is 0. The smallest absolute Gasteiger partial charge is 0.216 e. The molecule has 0 saturated heterocycles. The average Bonchev–Trinajstić information content (AvgIpc) is 2.60. The standard InChI is InChI=1S/C17H36N2O6/c1-3-8-25-19-6-4-5-9-21-11-13-23-15-16-24-14-12-22-10-7-18-17(2)20/h19H,3-16H2,1-2H3,(H,18,20). The molecule has 0 rings (SSSR count). The van der Waals surface area contributed by atoms with E-state index in [1.165, 1.54) is 6.92 Å². The Morgan fingerprint density at radius 2 is 1.28 bits per heavy atom. The van der Waals surface area contributed by atoms with Gasteiger partial charge in [-0.3, -0.25) is 4.79 Å². The summed E-state index contributed by atoms with van der Waals surface area (Å²) in [6.07, 6.45) is 3.06. The van der Waals surface area contributed by atoms with Crippen molar-refractivity contribution in [2.75, 3.05) is 72.6 Å². The van der Waals surface area contributed by atoms with E-state index in [-0.39, 0.29) is 5.91 Å². The van der Waals surface area contributed by atoms with Gasteiger partial charge in [0.2, 0.25) is 5.91 Å². The number of rotatable bonds is 20. The molecule has 0 aliphatic carbocycles. The topological polar surface area (TPSA) is 87.3 Å². The number of hydroxylamine groups is 1. The summed E-state index contributed by atoms with van der Waals surface area (Å²) in [4.78, 5) is 15.8. The van der Waals surface area contributed by atoms with Crippen molar-refractivity contribution in [2.45, 2.75) is 33.1 Å². The highest BCUT2D eigenvalue weighted by atomic mass is 16.6. The molecule has 8 heteroatoms. The number of carbonyl (C=O) groups is 1. The van der Waals surface area contributed by atoms with Crippen LogP contribution in [0.1, 0.15) is 33.1 Å². The minimum atomic E-state index is -0.0463. The van der Waals surface area contributed by atoms with Crippen LogP contribution in [0, 0.1) is 0 Å². The van der Waals surface area contributed by atoms with E-state index in [1.807, 2.05) is 0 Å². The molecule has 0 bridgehead atoms. The van der Waals surface area contributed by atoms with Crippen LogP contribution in [-0.2, 0) is 28.6 Å². The molecular weight excluding hydrogens is 328 g/mol. The molecule has 0 aliphatic heterocycles. The Morgan fingerprint density at radius 3 is 1.84 bits per heavy atom. The van der Waals surface area contributed by atoms with Gasteiger partial charge in [-0.25, -0.2) is 5.48 Å². The van der Waals surface area contributed by atoms with E-state index in [1.54, 1.807) is 0 Å². The SMILES string of the molecule is CCCONCCCCOCCOCCOCCOCCNC(C)=O. The summed E-state index contributed by atoms with van der Waals surface area (Å²) in [6.45, 7) is 10.2. The molecule has 150 valence electrons. The van der Waals surface area contributed by atoms with E-state index in [9.17, 15) is 4.79 Å². The van der Waals surface area contributed by atoms with Crippen LogP contribution in [-0.4, -0.2) is 78.5 Å². The second kappa shape index (κ2) is 21.3. The minimum Gasteiger partial charge on any atom is -0.379 e. The summed E-state index contributed by atoms with van der Waals surface area (Å²) in [5.74, 6) is -0.0463. The first-order valence-electron chi connectivity index (χ1n) is 9.17. The highest BCUT2D eigenvalue weighted by Gasteiger charge is 1.94.